The van der Waals surface area contributed by atoms with Crippen LogP contribution in [-0.4, -0.2) is 37.5 Å². The largest absolute Gasteiger partial charge is 0.352 e. The summed E-state index contributed by atoms with van der Waals surface area (Å²) in [6.07, 6.45) is 3.04. The molecule has 0 unspecified atom stereocenters. The lowest BCUT2D eigenvalue weighted by atomic mass is 9.95. The van der Waals surface area contributed by atoms with Crippen LogP contribution in [0, 0.1) is 11.8 Å². The van der Waals surface area contributed by atoms with Gasteiger partial charge in [-0.2, -0.15) is 0 Å². The van der Waals surface area contributed by atoms with Crippen molar-refractivity contribution < 1.29 is 9.59 Å². The summed E-state index contributed by atoms with van der Waals surface area (Å²) >= 11 is 0. The Morgan fingerprint density at radius 2 is 2.04 bits per heavy atom. The summed E-state index contributed by atoms with van der Waals surface area (Å²) in [6.45, 7) is 1.03. The highest BCUT2D eigenvalue weighted by Gasteiger charge is 2.31. The topological polar surface area (TPSA) is 87.5 Å². The molecule has 0 heterocycles. The molecule has 4 N–H and O–H groups in total. The molecule has 2 atom stereocenters. The van der Waals surface area contributed by atoms with Crippen molar-refractivity contribution in [2.24, 2.45) is 17.6 Å². The van der Waals surface area contributed by atoms with E-state index in [0.717, 1.165) is 30.5 Å². The van der Waals surface area contributed by atoms with Gasteiger partial charge in [-0.1, -0.05) is 18.6 Å². The molecule has 7 heteroatoms. The second kappa shape index (κ2) is 9.49. The number of nitrogens with two attached hydrogens (primary N) is 1. The third-order valence-electron chi connectivity index (χ3n) is 4.35. The van der Waals surface area contributed by atoms with Crippen molar-refractivity contribution in [3.05, 3.63) is 29.8 Å². The van der Waals surface area contributed by atoms with E-state index >= 15 is 0 Å². The van der Waals surface area contributed by atoms with Gasteiger partial charge in [0.05, 0.1) is 0 Å². The smallest absolute Gasteiger partial charge is 0.321 e. The molecule has 1 fully saturated rings. The maximum absolute atomic E-state index is 12.3. The summed E-state index contributed by atoms with van der Waals surface area (Å²) in [7, 11) is 3.38. The van der Waals surface area contributed by atoms with Crippen LogP contribution in [0.1, 0.15) is 24.8 Å². The van der Waals surface area contributed by atoms with E-state index in [0.29, 0.717) is 19.0 Å². The molecule has 1 aliphatic carbocycles. The van der Waals surface area contributed by atoms with Crippen molar-refractivity contribution in [2.75, 3.05) is 26.0 Å². The second-order valence-corrected chi connectivity index (χ2v) is 6.28. The molecule has 6 nitrogen and oxygen atoms in total. The predicted octanol–water partition coefficient (Wildman–Crippen LogP) is 2.19. The van der Waals surface area contributed by atoms with Gasteiger partial charge < -0.3 is 21.3 Å². The van der Waals surface area contributed by atoms with Crippen LogP contribution in [0.3, 0.4) is 0 Å². The lowest BCUT2D eigenvalue weighted by Gasteiger charge is -2.17. The van der Waals surface area contributed by atoms with Gasteiger partial charge in [0.25, 0.3) is 0 Å². The minimum Gasteiger partial charge on any atom is -0.352 e. The minimum absolute atomic E-state index is 0. The number of urea groups is 1. The Morgan fingerprint density at radius 3 is 2.71 bits per heavy atom. The van der Waals surface area contributed by atoms with Gasteiger partial charge >= 0.3 is 6.03 Å². The van der Waals surface area contributed by atoms with Gasteiger partial charge in [0.1, 0.15) is 0 Å². The highest BCUT2D eigenvalue weighted by molar-refractivity contribution is 5.89. The molecule has 1 aromatic rings. The summed E-state index contributed by atoms with van der Waals surface area (Å²) in [5, 5.41) is 5.79. The fraction of sp³-hybridized carbons (Fsp3) is 0.529. The van der Waals surface area contributed by atoms with Crippen LogP contribution < -0.4 is 16.4 Å². The van der Waals surface area contributed by atoms with Crippen LogP contribution in [0.25, 0.3) is 0 Å². The molecule has 0 spiro atoms. The van der Waals surface area contributed by atoms with Gasteiger partial charge in [-0.3, -0.25) is 4.79 Å². The lowest BCUT2D eigenvalue weighted by molar-refractivity contribution is -0.126. The molecule has 0 aromatic heterocycles. The van der Waals surface area contributed by atoms with Crippen LogP contribution in [0.5, 0.6) is 0 Å². The Labute approximate surface area is 149 Å². The Hall–Kier alpha value is -1.79. The maximum Gasteiger partial charge on any atom is 0.321 e. The van der Waals surface area contributed by atoms with Gasteiger partial charge in [0.2, 0.25) is 5.91 Å². The summed E-state index contributed by atoms with van der Waals surface area (Å²) in [4.78, 5) is 25.4. The molecule has 0 bridgehead atoms. The van der Waals surface area contributed by atoms with Gasteiger partial charge in [0.15, 0.2) is 0 Å². The SMILES string of the molecule is CN(C)C(=O)Nc1cccc(CNC(=O)[C@@H]2CCC[C@@H]2CN)c1.Cl. The molecule has 0 radical (unpaired) electrons. The number of carbonyl (C=O) groups excluding carboxylic acids is 2. The average molecular weight is 355 g/mol. The van der Waals surface area contributed by atoms with Crippen LogP contribution in [-0.2, 0) is 11.3 Å². The predicted molar refractivity (Wildman–Crippen MR) is 98.1 cm³/mol. The van der Waals surface area contributed by atoms with Crippen molar-refractivity contribution in [2.45, 2.75) is 25.8 Å². The number of benzene rings is 1. The quantitative estimate of drug-likeness (QED) is 0.757. The first-order valence-electron chi connectivity index (χ1n) is 8.06. The zero-order valence-electron chi connectivity index (χ0n) is 14.2. The first kappa shape index (κ1) is 20.3. The van der Waals surface area contributed by atoms with Crippen LogP contribution in [0.4, 0.5) is 10.5 Å². The fourth-order valence-electron chi connectivity index (χ4n) is 2.98. The van der Waals surface area contributed by atoms with E-state index in [2.05, 4.69) is 10.6 Å². The highest BCUT2D eigenvalue weighted by Crippen LogP contribution is 2.31. The van der Waals surface area contributed by atoms with Gasteiger partial charge in [-0.05, 0) is 43.0 Å². The molecule has 0 aliphatic heterocycles. The Balaban J connectivity index is 0.00000288. The number of hydrogen-bond acceptors (Lipinski definition) is 3. The third kappa shape index (κ3) is 5.39. The van der Waals surface area contributed by atoms with E-state index in [1.165, 1.54) is 4.90 Å². The molecule has 3 amide bonds. The van der Waals surface area contributed by atoms with E-state index in [1.54, 1.807) is 14.1 Å². The Morgan fingerprint density at radius 1 is 1.29 bits per heavy atom. The molecular formula is C17H27ClN4O2. The van der Waals surface area contributed by atoms with E-state index in [4.69, 9.17) is 5.73 Å². The summed E-state index contributed by atoms with van der Waals surface area (Å²) in [6, 6.07) is 7.32. The monoisotopic (exact) mass is 354 g/mol. The lowest BCUT2D eigenvalue weighted by Crippen LogP contribution is -2.34. The second-order valence-electron chi connectivity index (χ2n) is 6.28. The van der Waals surface area contributed by atoms with E-state index in [9.17, 15) is 9.59 Å². The van der Waals surface area contributed by atoms with Crippen LogP contribution in [0.2, 0.25) is 0 Å². The standard InChI is InChI=1S/C17H26N4O2.ClH/c1-21(2)17(23)20-14-7-3-5-12(9-14)11-19-16(22)15-8-4-6-13(15)10-18;/h3,5,7,9,13,15H,4,6,8,10-11,18H2,1-2H3,(H,19,22)(H,20,23);1H/t13-,15-;/m1./s1. The van der Waals surface area contributed by atoms with Crippen molar-refractivity contribution in [3.8, 4) is 0 Å². The van der Waals surface area contributed by atoms with Gasteiger partial charge in [0, 0.05) is 32.2 Å². The minimum atomic E-state index is -0.178. The van der Waals surface area contributed by atoms with Crippen LogP contribution >= 0.6 is 12.4 Å². The molecule has 1 aliphatic rings. The molecular weight excluding hydrogens is 328 g/mol. The summed E-state index contributed by atoms with van der Waals surface area (Å²) in [5.74, 6) is 0.429. The van der Waals surface area contributed by atoms with Crippen molar-refractivity contribution in [3.63, 3.8) is 0 Å². The molecule has 1 aromatic carbocycles. The first-order valence-corrected chi connectivity index (χ1v) is 8.06. The molecule has 1 saturated carbocycles. The first-order chi connectivity index (χ1) is 11.0. The normalized spacial score (nSPS) is 19.3. The number of nitrogens with zero attached hydrogens (tertiary/aromatic N) is 1. The Kier molecular flexibility index (Phi) is 8.01. The van der Waals surface area contributed by atoms with E-state index in [-0.39, 0.29) is 30.3 Å². The third-order valence-corrected chi connectivity index (χ3v) is 4.35. The van der Waals surface area contributed by atoms with Crippen LogP contribution in [0.15, 0.2) is 24.3 Å². The van der Waals surface area contributed by atoms with E-state index in [1.807, 2.05) is 24.3 Å². The maximum atomic E-state index is 12.3. The molecule has 2 rings (SSSR count). The summed E-state index contributed by atoms with van der Waals surface area (Å²) in [5.41, 5.74) is 7.41. The number of hydrogen-bond donors (Lipinski definition) is 3. The summed E-state index contributed by atoms with van der Waals surface area (Å²) < 4.78 is 0. The van der Waals surface area contributed by atoms with Crippen molar-refractivity contribution in [1.29, 1.82) is 0 Å². The molecule has 24 heavy (non-hydrogen) atoms. The molecule has 134 valence electrons. The number of halogens is 1. The number of carbonyl (C=O) groups is 2. The number of nitrogens with one attached hydrogen (secondary N) is 2. The van der Waals surface area contributed by atoms with Gasteiger partial charge in [-0.15, -0.1) is 12.4 Å². The number of amides is 3. The highest BCUT2D eigenvalue weighted by atomic mass is 35.5. The van der Waals surface area contributed by atoms with Crippen molar-refractivity contribution >= 4 is 30.0 Å². The number of anilines is 1. The fourth-order valence-corrected chi connectivity index (χ4v) is 2.98. The zero-order valence-corrected chi connectivity index (χ0v) is 15.1. The average Bonchev–Trinajstić information content (AvgIpc) is 3.01. The Bertz CT molecular complexity index is 565. The van der Waals surface area contributed by atoms with Gasteiger partial charge in [-0.25, -0.2) is 4.79 Å². The van der Waals surface area contributed by atoms with Crippen molar-refractivity contribution in [1.82, 2.24) is 10.2 Å². The van der Waals surface area contributed by atoms with E-state index < -0.39 is 0 Å². The number of rotatable bonds is 5. The molecule has 0 saturated heterocycles. The zero-order chi connectivity index (χ0) is 16.8.